The molecule has 82 valence electrons. The molecule has 0 aliphatic rings. The van der Waals surface area contributed by atoms with Crippen molar-refractivity contribution in [2.45, 2.75) is 6.42 Å². The molecule has 5 heteroatoms. The molecule has 1 rings (SSSR count). The zero-order valence-corrected chi connectivity index (χ0v) is 9.32. The lowest BCUT2D eigenvalue weighted by atomic mass is 10.1. The summed E-state index contributed by atoms with van der Waals surface area (Å²) in [4.78, 5) is 11.1. The number of halogens is 3. The first-order valence-electron chi connectivity index (χ1n) is 4.22. The van der Waals surface area contributed by atoms with Gasteiger partial charge in [0.15, 0.2) is 5.78 Å². The minimum Gasteiger partial charge on any atom is -0.463 e. The average molecular weight is 251 g/mol. The van der Waals surface area contributed by atoms with Gasteiger partial charge in [0.05, 0.1) is 5.88 Å². The van der Waals surface area contributed by atoms with E-state index in [0.29, 0.717) is 16.3 Å². The maximum absolute atomic E-state index is 11.8. The Bertz CT molecular complexity index is 355. The summed E-state index contributed by atoms with van der Waals surface area (Å²) < 4.78 is 16.4. The predicted octanol–water partition coefficient (Wildman–Crippen LogP) is 3.00. The Balaban J connectivity index is 2.78. The molecule has 0 amide bonds. The van der Waals surface area contributed by atoms with E-state index >= 15 is 0 Å². The van der Waals surface area contributed by atoms with Gasteiger partial charge in [0.1, 0.15) is 5.75 Å². The number of alkyl halides is 2. The molecule has 0 N–H and O–H groups in total. The van der Waals surface area contributed by atoms with E-state index in [4.69, 9.17) is 23.2 Å². The molecule has 0 atom stereocenters. The van der Waals surface area contributed by atoms with Crippen molar-refractivity contribution in [1.82, 2.24) is 0 Å². The number of carbonyl (C=O) groups excluding carboxylic acids is 1. The van der Waals surface area contributed by atoms with E-state index in [1.54, 1.807) is 12.1 Å². The fraction of sp³-hybridized carbons (Fsp3) is 0.300. The molecule has 0 heterocycles. The van der Waals surface area contributed by atoms with Crippen molar-refractivity contribution in [1.29, 1.82) is 0 Å². The first-order chi connectivity index (χ1) is 7.17. The molecular weight excluding hydrogens is 242 g/mol. The van der Waals surface area contributed by atoms with E-state index in [-0.39, 0.29) is 18.1 Å². The molecule has 0 aliphatic heterocycles. The smallest absolute Gasteiger partial charge is 0.228 e. The number of benzene rings is 1. The van der Waals surface area contributed by atoms with Gasteiger partial charge in [-0.1, -0.05) is 17.7 Å². The van der Waals surface area contributed by atoms with E-state index < -0.39 is 6.86 Å². The van der Waals surface area contributed by atoms with Gasteiger partial charge in [0.2, 0.25) is 6.86 Å². The third kappa shape index (κ3) is 3.68. The fourth-order valence-electron chi connectivity index (χ4n) is 1.08. The second kappa shape index (κ2) is 5.93. The van der Waals surface area contributed by atoms with Crippen LogP contribution in [-0.4, -0.2) is 18.5 Å². The highest BCUT2D eigenvalue weighted by molar-refractivity contribution is 6.32. The van der Waals surface area contributed by atoms with Crippen molar-refractivity contribution >= 4 is 29.0 Å². The summed E-state index contributed by atoms with van der Waals surface area (Å²) in [7, 11) is 0. The lowest BCUT2D eigenvalue weighted by Gasteiger charge is -2.05. The van der Waals surface area contributed by atoms with Crippen LogP contribution in [0.4, 0.5) is 4.39 Å². The van der Waals surface area contributed by atoms with Gasteiger partial charge in [-0.2, -0.15) is 0 Å². The number of ketones is 1. The minimum absolute atomic E-state index is 0.0426. The van der Waals surface area contributed by atoms with Gasteiger partial charge in [-0.3, -0.25) is 4.79 Å². The highest BCUT2D eigenvalue weighted by Crippen LogP contribution is 2.23. The Labute approximate surface area is 96.9 Å². The molecule has 0 spiro atoms. The first-order valence-corrected chi connectivity index (χ1v) is 5.13. The summed E-state index contributed by atoms with van der Waals surface area (Å²) in [5, 5.41) is 0.374. The van der Waals surface area contributed by atoms with Crippen LogP contribution in [0, 0.1) is 0 Å². The van der Waals surface area contributed by atoms with Crippen molar-refractivity contribution in [3.63, 3.8) is 0 Å². The molecular formula is C10H9Cl2FO2. The maximum atomic E-state index is 11.8. The summed E-state index contributed by atoms with van der Waals surface area (Å²) in [6, 6.07) is 4.65. The lowest BCUT2D eigenvalue weighted by Crippen LogP contribution is -2.04. The Hall–Kier alpha value is -0.800. The van der Waals surface area contributed by atoms with Gasteiger partial charge in [0.25, 0.3) is 0 Å². The molecule has 0 radical (unpaired) electrons. The molecule has 15 heavy (non-hydrogen) atoms. The van der Waals surface area contributed by atoms with Crippen LogP contribution in [0.1, 0.15) is 5.56 Å². The van der Waals surface area contributed by atoms with Crippen molar-refractivity contribution in [2.24, 2.45) is 0 Å². The van der Waals surface area contributed by atoms with E-state index in [1.165, 1.54) is 6.07 Å². The van der Waals surface area contributed by atoms with Crippen LogP contribution in [0.15, 0.2) is 18.2 Å². The number of carbonyl (C=O) groups is 1. The second-order valence-electron chi connectivity index (χ2n) is 2.86. The minimum atomic E-state index is -0.906. The summed E-state index contributed by atoms with van der Waals surface area (Å²) in [5.41, 5.74) is 0.661. The average Bonchev–Trinajstić information content (AvgIpc) is 2.22. The Kier molecular flexibility index (Phi) is 4.85. The zero-order chi connectivity index (χ0) is 11.3. The van der Waals surface area contributed by atoms with E-state index in [1.807, 2.05) is 0 Å². The van der Waals surface area contributed by atoms with Gasteiger partial charge < -0.3 is 4.74 Å². The highest BCUT2D eigenvalue weighted by Gasteiger charge is 2.07. The normalized spacial score (nSPS) is 10.1. The summed E-state index contributed by atoms with van der Waals surface area (Å²) in [5.74, 6) is 0.182. The van der Waals surface area contributed by atoms with Crippen LogP contribution < -0.4 is 4.74 Å². The number of rotatable bonds is 5. The summed E-state index contributed by atoms with van der Waals surface area (Å²) >= 11 is 11.2. The predicted molar refractivity (Wildman–Crippen MR) is 57.5 cm³/mol. The van der Waals surface area contributed by atoms with Gasteiger partial charge in [0, 0.05) is 11.4 Å². The van der Waals surface area contributed by atoms with Gasteiger partial charge in [-0.25, -0.2) is 4.39 Å². The molecule has 0 saturated heterocycles. The molecule has 0 aliphatic carbocycles. The molecule has 1 aromatic rings. The van der Waals surface area contributed by atoms with E-state index in [0.717, 1.165) is 0 Å². The van der Waals surface area contributed by atoms with Gasteiger partial charge in [-0.15, -0.1) is 11.6 Å². The lowest BCUT2D eigenvalue weighted by molar-refractivity contribution is -0.116. The van der Waals surface area contributed by atoms with Crippen LogP contribution in [0.25, 0.3) is 0 Å². The first kappa shape index (κ1) is 12.3. The van der Waals surface area contributed by atoms with Crippen molar-refractivity contribution in [3.05, 3.63) is 28.8 Å². The van der Waals surface area contributed by atoms with Crippen LogP contribution in [-0.2, 0) is 11.2 Å². The Morgan fingerprint density at radius 1 is 1.47 bits per heavy atom. The van der Waals surface area contributed by atoms with Crippen LogP contribution in [0.3, 0.4) is 0 Å². The monoisotopic (exact) mass is 250 g/mol. The maximum Gasteiger partial charge on any atom is 0.228 e. The number of hydrogen-bond acceptors (Lipinski definition) is 2. The van der Waals surface area contributed by atoms with E-state index in [2.05, 4.69) is 4.74 Å². The molecule has 0 unspecified atom stereocenters. The molecule has 2 nitrogen and oxygen atoms in total. The van der Waals surface area contributed by atoms with Crippen molar-refractivity contribution in [3.8, 4) is 5.75 Å². The fourth-order valence-corrected chi connectivity index (χ4v) is 1.42. The molecule has 1 aromatic carbocycles. The van der Waals surface area contributed by atoms with Crippen molar-refractivity contribution in [2.75, 3.05) is 12.7 Å². The Morgan fingerprint density at radius 3 is 2.73 bits per heavy atom. The largest absolute Gasteiger partial charge is 0.463 e. The van der Waals surface area contributed by atoms with E-state index in [9.17, 15) is 9.18 Å². The highest BCUT2D eigenvalue weighted by atomic mass is 35.5. The third-order valence-corrected chi connectivity index (χ3v) is 2.43. The van der Waals surface area contributed by atoms with Crippen LogP contribution in [0.5, 0.6) is 5.75 Å². The van der Waals surface area contributed by atoms with Crippen molar-refractivity contribution < 1.29 is 13.9 Å². The van der Waals surface area contributed by atoms with Gasteiger partial charge in [-0.05, 0) is 17.7 Å². The molecule has 0 bridgehead atoms. The summed E-state index contributed by atoms with van der Waals surface area (Å²) in [6.07, 6.45) is 0.179. The van der Waals surface area contributed by atoms with Crippen LogP contribution >= 0.6 is 23.2 Å². The third-order valence-electron chi connectivity index (χ3n) is 1.78. The second-order valence-corrected chi connectivity index (χ2v) is 3.53. The molecule has 0 fully saturated rings. The zero-order valence-electron chi connectivity index (χ0n) is 7.80. The number of ether oxygens (including phenoxy) is 1. The summed E-state index contributed by atoms with van der Waals surface area (Å²) in [6.45, 7) is -0.906. The SMILES string of the molecule is O=C(CCl)Cc1ccc(OCF)cc1Cl. The quantitative estimate of drug-likeness (QED) is 0.752. The topological polar surface area (TPSA) is 26.3 Å². The number of hydrogen-bond donors (Lipinski definition) is 0. The molecule has 0 saturated carbocycles. The standard InChI is InChI=1S/C10H9Cl2FO2/c11-5-8(14)3-7-1-2-9(15-6-13)4-10(7)12/h1-2,4H,3,5-6H2. The van der Waals surface area contributed by atoms with Gasteiger partial charge >= 0.3 is 0 Å². The molecule has 0 aromatic heterocycles. The van der Waals surface area contributed by atoms with Crippen LogP contribution in [0.2, 0.25) is 5.02 Å². The number of Topliss-reactive ketones (excluding diaryl/α,β-unsaturated/α-hetero) is 1. The Morgan fingerprint density at radius 2 is 2.20 bits per heavy atom.